The first kappa shape index (κ1) is 18.1. The average molecular weight is 344 g/mol. The average Bonchev–Trinajstić information content (AvgIpc) is 2.90. The van der Waals surface area contributed by atoms with Crippen molar-refractivity contribution in [2.45, 2.75) is 51.0 Å². The Morgan fingerprint density at radius 3 is 2.24 bits per heavy atom. The van der Waals surface area contributed by atoms with E-state index in [-0.39, 0.29) is 11.8 Å². The summed E-state index contributed by atoms with van der Waals surface area (Å²) in [6, 6.07) is 7.09. The Balaban J connectivity index is 1.26. The Morgan fingerprint density at radius 2 is 1.60 bits per heavy atom. The molecule has 1 N–H and O–H groups in total. The maximum absolute atomic E-state index is 12.3. The summed E-state index contributed by atoms with van der Waals surface area (Å²) in [4.78, 5) is 25.9. The van der Waals surface area contributed by atoms with Gasteiger partial charge in [0.25, 0.3) is 11.8 Å². The number of nitrogens with one attached hydrogen (secondary N) is 1. The second-order valence-corrected chi connectivity index (χ2v) is 6.91. The van der Waals surface area contributed by atoms with Crippen LogP contribution in [0.25, 0.3) is 0 Å². The molecule has 0 radical (unpaired) electrons. The molecule has 2 aliphatic rings. The number of carbonyl (C=O) groups excluding carboxylic acids is 2. The Labute approximate surface area is 149 Å². The number of hydrogen-bond donors (Lipinski definition) is 1. The summed E-state index contributed by atoms with van der Waals surface area (Å²) in [5.74, 6) is -0.275. The topological polar surface area (TPSA) is 58.6 Å². The van der Waals surface area contributed by atoms with Crippen molar-refractivity contribution in [3.8, 4) is 0 Å². The molecule has 0 bridgehead atoms. The number of carbonyl (C=O) groups is 2. The highest BCUT2D eigenvalue weighted by Crippen LogP contribution is 2.23. The lowest BCUT2D eigenvalue weighted by atomic mass is 10.1. The van der Waals surface area contributed by atoms with E-state index in [9.17, 15) is 9.59 Å². The Bertz CT molecular complexity index is 561. The van der Waals surface area contributed by atoms with Crippen molar-refractivity contribution in [2.75, 3.05) is 26.2 Å². The second-order valence-electron chi connectivity index (χ2n) is 6.91. The third kappa shape index (κ3) is 4.67. The number of ether oxygens (including phenoxy) is 1. The van der Waals surface area contributed by atoms with E-state index in [0.717, 1.165) is 45.4 Å². The molecule has 5 nitrogen and oxygen atoms in total. The number of benzene rings is 1. The van der Waals surface area contributed by atoms with Crippen LogP contribution in [0, 0.1) is 0 Å². The lowest BCUT2D eigenvalue weighted by Crippen LogP contribution is -2.38. The molecule has 1 saturated heterocycles. The summed E-state index contributed by atoms with van der Waals surface area (Å²) in [5, 5.41) is 3.36. The minimum Gasteiger partial charge on any atom is -0.376 e. The number of imide groups is 1. The van der Waals surface area contributed by atoms with Crippen molar-refractivity contribution >= 4 is 11.8 Å². The molecule has 1 aromatic rings. The number of nitrogens with zero attached hydrogens (tertiary/aromatic N) is 1. The molecule has 0 spiro atoms. The Morgan fingerprint density at radius 1 is 0.960 bits per heavy atom. The summed E-state index contributed by atoms with van der Waals surface area (Å²) in [5.41, 5.74) is 1.10. The zero-order valence-electron chi connectivity index (χ0n) is 14.8. The molecule has 1 fully saturated rings. The first-order chi connectivity index (χ1) is 12.3. The van der Waals surface area contributed by atoms with Gasteiger partial charge in [-0.25, -0.2) is 0 Å². The third-order valence-electron chi connectivity index (χ3n) is 5.04. The van der Waals surface area contributed by atoms with Gasteiger partial charge in [-0.2, -0.15) is 0 Å². The lowest BCUT2D eigenvalue weighted by molar-refractivity contribution is 0.0220. The van der Waals surface area contributed by atoms with Crippen molar-refractivity contribution < 1.29 is 14.3 Å². The van der Waals surface area contributed by atoms with Crippen molar-refractivity contribution in [3.05, 3.63) is 35.4 Å². The fourth-order valence-corrected chi connectivity index (χ4v) is 3.60. The lowest BCUT2D eigenvalue weighted by Gasteiger charge is -2.23. The summed E-state index contributed by atoms with van der Waals surface area (Å²) < 4.78 is 5.69. The van der Waals surface area contributed by atoms with E-state index in [1.807, 2.05) is 12.1 Å². The van der Waals surface area contributed by atoms with E-state index in [1.54, 1.807) is 12.1 Å². The third-order valence-corrected chi connectivity index (χ3v) is 5.04. The van der Waals surface area contributed by atoms with E-state index in [1.165, 1.54) is 24.2 Å². The summed E-state index contributed by atoms with van der Waals surface area (Å²) in [7, 11) is 0. The Kier molecular flexibility index (Phi) is 6.59. The van der Waals surface area contributed by atoms with E-state index in [0.29, 0.717) is 23.8 Å². The van der Waals surface area contributed by atoms with E-state index in [2.05, 4.69) is 5.32 Å². The second kappa shape index (κ2) is 9.11. The number of rotatable bonds is 9. The van der Waals surface area contributed by atoms with Gasteiger partial charge in [0.15, 0.2) is 0 Å². The van der Waals surface area contributed by atoms with Crippen LogP contribution in [0.15, 0.2) is 24.3 Å². The molecule has 136 valence electrons. The molecule has 5 heteroatoms. The first-order valence-corrected chi connectivity index (χ1v) is 9.55. The fraction of sp³-hybridized carbons (Fsp3) is 0.600. The van der Waals surface area contributed by atoms with Gasteiger partial charge < -0.3 is 10.1 Å². The fourth-order valence-electron chi connectivity index (χ4n) is 3.60. The van der Waals surface area contributed by atoms with Crippen molar-refractivity contribution in [3.63, 3.8) is 0 Å². The van der Waals surface area contributed by atoms with E-state index < -0.39 is 0 Å². The molecule has 0 aliphatic carbocycles. The minimum absolute atomic E-state index is 0.137. The predicted octanol–water partition coefficient (Wildman–Crippen LogP) is 3.00. The standard InChI is InChI=1S/C20H28N2O3/c23-19-17-10-6-7-11-18(17)20(24)22(19)13-8-4-2-1-3-5-9-16-15-21-12-14-25-16/h6-7,10-11,16,21H,1-5,8-9,12-15H2. The van der Waals surface area contributed by atoms with Crippen LogP contribution in [0.5, 0.6) is 0 Å². The molecule has 1 unspecified atom stereocenters. The van der Waals surface area contributed by atoms with Crippen LogP contribution in [0.3, 0.4) is 0 Å². The molecule has 0 saturated carbocycles. The maximum atomic E-state index is 12.3. The quantitative estimate of drug-likeness (QED) is 0.553. The van der Waals surface area contributed by atoms with Gasteiger partial charge in [-0.1, -0.05) is 44.2 Å². The van der Waals surface area contributed by atoms with Gasteiger partial charge in [0.05, 0.1) is 23.8 Å². The van der Waals surface area contributed by atoms with Crippen LogP contribution >= 0.6 is 0 Å². The Hall–Kier alpha value is -1.72. The normalized spacial score (nSPS) is 20.2. The highest BCUT2D eigenvalue weighted by atomic mass is 16.5. The number of fused-ring (bicyclic) bond motifs is 1. The maximum Gasteiger partial charge on any atom is 0.261 e. The number of morpholine rings is 1. The zero-order valence-corrected chi connectivity index (χ0v) is 14.8. The molecular weight excluding hydrogens is 316 g/mol. The van der Waals surface area contributed by atoms with Gasteiger partial charge in [-0.15, -0.1) is 0 Å². The number of unbranched alkanes of at least 4 members (excludes halogenated alkanes) is 5. The van der Waals surface area contributed by atoms with Crippen LogP contribution < -0.4 is 5.32 Å². The van der Waals surface area contributed by atoms with Gasteiger partial charge >= 0.3 is 0 Å². The molecule has 2 heterocycles. The van der Waals surface area contributed by atoms with Gasteiger partial charge in [0.1, 0.15) is 0 Å². The molecule has 25 heavy (non-hydrogen) atoms. The number of amides is 2. The van der Waals surface area contributed by atoms with Gasteiger partial charge in [0.2, 0.25) is 0 Å². The molecule has 2 aliphatic heterocycles. The van der Waals surface area contributed by atoms with Gasteiger partial charge in [-0.05, 0) is 25.0 Å². The van der Waals surface area contributed by atoms with Crippen LogP contribution in [0.2, 0.25) is 0 Å². The van der Waals surface area contributed by atoms with Crippen LogP contribution in [-0.4, -0.2) is 49.1 Å². The van der Waals surface area contributed by atoms with Crippen molar-refractivity contribution in [1.82, 2.24) is 10.2 Å². The molecule has 0 aromatic heterocycles. The highest BCUT2D eigenvalue weighted by Gasteiger charge is 2.34. The zero-order chi connectivity index (χ0) is 17.5. The van der Waals surface area contributed by atoms with E-state index >= 15 is 0 Å². The monoisotopic (exact) mass is 344 g/mol. The van der Waals surface area contributed by atoms with Crippen LogP contribution in [0.4, 0.5) is 0 Å². The molecule has 1 atom stereocenters. The molecule has 3 rings (SSSR count). The van der Waals surface area contributed by atoms with Crippen molar-refractivity contribution in [1.29, 1.82) is 0 Å². The van der Waals surface area contributed by atoms with Gasteiger partial charge in [-0.3, -0.25) is 14.5 Å². The summed E-state index contributed by atoms with van der Waals surface area (Å²) in [6.45, 7) is 3.33. The van der Waals surface area contributed by atoms with E-state index in [4.69, 9.17) is 4.74 Å². The van der Waals surface area contributed by atoms with Crippen LogP contribution in [0.1, 0.15) is 65.7 Å². The summed E-state index contributed by atoms with van der Waals surface area (Å²) in [6.07, 6.45) is 8.30. The van der Waals surface area contributed by atoms with Crippen molar-refractivity contribution in [2.24, 2.45) is 0 Å². The van der Waals surface area contributed by atoms with Crippen LogP contribution in [-0.2, 0) is 4.74 Å². The SMILES string of the molecule is O=C1c2ccccc2C(=O)N1CCCCCCCCC1CNCCO1. The molecule has 2 amide bonds. The predicted molar refractivity (Wildman–Crippen MR) is 96.7 cm³/mol. The van der Waals surface area contributed by atoms with Gasteiger partial charge in [0, 0.05) is 19.6 Å². The number of hydrogen-bond acceptors (Lipinski definition) is 4. The highest BCUT2D eigenvalue weighted by molar-refractivity contribution is 6.21. The summed E-state index contributed by atoms with van der Waals surface area (Å²) >= 11 is 0. The largest absolute Gasteiger partial charge is 0.376 e. The smallest absolute Gasteiger partial charge is 0.261 e. The molecule has 1 aromatic carbocycles. The molecular formula is C20H28N2O3. The minimum atomic E-state index is -0.137. The first-order valence-electron chi connectivity index (χ1n) is 9.55.